The quantitative estimate of drug-likeness (QED) is 0.0241. The van der Waals surface area contributed by atoms with Crippen molar-refractivity contribution >= 4 is 154 Å². The number of benzene rings is 10. The van der Waals surface area contributed by atoms with E-state index in [9.17, 15) is 36.0 Å². The molecule has 0 saturated carbocycles. The molecule has 0 radical (unpaired) electrons. The number of hydrazine groups is 1. The van der Waals surface area contributed by atoms with Gasteiger partial charge < -0.3 is 20.1 Å². The first-order valence-electron chi connectivity index (χ1n) is 38.3. The van der Waals surface area contributed by atoms with Crippen LogP contribution in [0.4, 0.5) is 24.8 Å². The predicted molar refractivity (Wildman–Crippen MR) is 470 cm³/mol. The summed E-state index contributed by atoms with van der Waals surface area (Å²) in [5.41, 5.74) is 8.96. The smallest absolute Gasteiger partial charge is 0.434 e. The number of aromatic nitrogens is 4. The second-order valence-corrected chi connectivity index (χ2v) is 32.7. The molecule has 0 unspecified atom stereocenters. The number of sulfonamides is 1. The van der Waals surface area contributed by atoms with E-state index in [4.69, 9.17) is 95.8 Å². The summed E-state index contributed by atoms with van der Waals surface area (Å²) in [5, 5.41) is 25.3. The van der Waals surface area contributed by atoms with Gasteiger partial charge in [0, 0.05) is 105 Å². The van der Waals surface area contributed by atoms with Gasteiger partial charge in [-0.3, -0.25) is 24.8 Å². The second-order valence-electron chi connectivity index (χ2n) is 28.0. The number of rotatable bonds is 20. The highest BCUT2D eigenvalue weighted by Crippen LogP contribution is 2.38. The fraction of sp³-hybridized carbons (Fsp3) is 0.236. The number of amides is 2. The highest BCUT2D eigenvalue weighted by molar-refractivity contribution is 7.90. The van der Waals surface area contributed by atoms with Crippen LogP contribution in [0.3, 0.4) is 0 Å². The Balaban J connectivity index is 0.000000146. The van der Waals surface area contributed by atoms with E-state index >= 15 is 0 Å². The number of halogens is 10. The number of carbonyl (C=O) groups excluding carboxylic acids is 3. The minimum absolute atomic E-state index is 0.0468. The van der Waals surface area contributed by atoms with Gasteiger partial charge in [-0.05, 0) is 169 Å². The largest absolute Gasteiger partial charge is 0.493 e. The number of nitrogens with one attached hydrogen (secondary N) is 4. The fourth-order valence-corrected chi connectivity index (χ4v) is 16.0. The summed E-state index contributed by atoms with van der Waals surface area (Å²) in [6, 6.07) is 66.1. The monoisotopic (exact) mass is 1760 g/mol. The van der Waals surface area contributed by atoms with Crippen molar-refractivity contribution in [2.45, 2.75) is 82.2 Å². The van der Waals surface area contributed by atoms with Gasteiger partial charge in [0.1, 0.15) is 5.75 Å². The van der Waals surface area contributed by atoms with Crippen LogP contribution in [0.25, 0.3) is 38.5 Å². The van der Waals surface area contributed by atoms with Crippen molar-refractivity contribution in [1.82, 2.24) is 45.2 Å². The maximum atomic E-state index is 13.5. The number of fused-ring (bicyclic) bond motifs is 2. The van der Waals surface area contributed by atoms with Crippen LogP contribution in [-0.2, 0) is 20.9 Å². The third-order valence-electron chi connectivity index (χ3n) is 19.8. The first kappa shape index (κ1) is 88.1. The highest BCUT2D eigenvalue weighted by atomic mass is 35.5. The first-order chi connectivity index (χ1) is 57.3. The minimum Gasteiger partial charge on any atom is -0.493 e. The maximum Gasteiger partial charge on any atom is 0.434 e. The second kappa shape index (κ2) is 41.2. The summed E-state index contributed by atoms with van der Waals surface area (Å²) in [6.45, 7) is 8.31. The number of hydrogen-bond donors (Lipinski definition) is 4. The average Bonchev–Trinajstić information content (AvgIpc) is 1.70. The Kier molecular flexibility index (Phi) is 30.5. The van der Waals surface area contributed by atoms with E-state index in [0.717, 1.165) is 124 Å². The van der Waals surface area contributed by atoms with Gasteiger partial charge in [0.05, 0.1) is 56.4 Å². The molecule has 30 heteroatoms. The summed E-state index contributed by atoms with van der Waals surface area (Å²) in [4.78, 5) is 50.4. The zero-order valence-corrected chi connectivity index (χ0v) is 70.9. The minimum atomic E-state index is -4.84. The molecule has 616 valence electrons. The standard InChI is InChI=1S/C26H24O2.C23H20Cl2N4O2S.C22H21Cl3N4O.C18H17Cl2F3N4O2/c1-2-3-8-18-28-25-17-16-24(21-13-6-7-14-22(21)25)26(27)23-15-9-11-19-10-4-5-12-20(19)23;1-26-23(28-32(30,31)20-13-11-19(25)12-14-20)29-15-21(16-5-3-2-4-6-16)22(27-29)17-7-9-18(24)10-8-17;1-14-20(22(30)27-28-11-3-2-4-12-28)26-29(19-10-9-17(24)13-18(19)25)21(14)15-5-7-16(23)8-6-15;19-11-1-2-14(13(20)7-11)26-17-25-9-12(15(27-17)18(21,22)23)16(28)24-8-10-3-5-29-6-4-10/h4-7,9-17H,2-3,8,18H2,1H3;2-14,21H,15H2,1H3,(H,26,28);5-10,13H,2-4,11-12H2,1H3,(H,27,30);1-2,7,9-10H,3-6,8H2,(H,24,28)(H,25,26,27)/t;21-;;/m.1../s1. The number of nitrogens with zero attached hydrogens (tertiary/aromatic N) is 8. The van der Waals surface area contributed by atoms with Crippen LogP contribution in [0.5, 0.6) is 5.75 Å². The highest BCUT2D eigenvalue weighted by Gasteiger charge is 2.39. The zero-order chi connectivity index (χ0) is 84.3. The van der Waals surface area contributed by atoms with Crippen LogP contribution in [0, 0.1) is 12.8 Å². The van der Waals surface area contributed by atoms with Crippen LogP contribution in [-0.4, -0.2) is 121 Å². The van der Waals surface area contributed by atoms with E-state index in [1.807, 2.05) is 170 Å². The first-order valence-corrected chi connectivity index (χ1v) is 42.5. The van der Waals surface area contributed by atoms with Crippen LogP contribution >= 0.6 is 81.2 Å². The number of ether oxygens (including phenoxy) is 2. The number of carbonyl (C=O) groups is 3. The zero-order valence-electron chi connectivity index (χ0n) is 64.7. The van der Waals surface area contributed by atoms with Crippen molar-refractivity contribution in [3.8, 4) is 22.7 Å². The summed E-state index contributed by atoms with van der Waals surface area (Å²) >= 11 is 42.4. The molecule has 1 atom stereocenters. The van der Waals surface area contributed by atoms with Crippen LogP contribution in [0.1, 0.15) is 123 Å². The molecule has 2 amide bonds. The number of unbranched alkanes of at least 4 members (excludes halogenated alkanes) is 2. The SMILES string of the molecule is CCCCCOc1ccc(C(=O)c2cccc3ccccc23)c2ccccc12.CN=C(NS(=O)(=O)c1ccc(Cl)cc1)N1C[C@H](c2ccccc2)C(c2ccc(Cl)cc2)=N1.Cc1c(C(=O)NN2CCCCC2)nn(-c2ccc(Cl)cc2Cl)c1-c1ccc(Cl)cc1.O=C(NCC1CCOCC1)c1cnc(Nc2ccc(Cl)cc2Cl)nc1C(F)(F)F. The number of hydrogen-bond acceptors (Lipinski definition) is 14. The Hall–Kier alpha value is -10.2. The summed E-state index contributed by atoms with van der Waals surface area (Å²) in [7, 11) is -2.34. The Morgan fingerprint density at radius 2 is 1.24 bits per heavy atom. The van der Waals surface area contributed by atoms with Gasteiger partial charge in [-0.1, -0.05) is 229 Å². The van der Waals surface area contributed by atoms with E-state index in [1.54, 1.807) is 27.9 Å². The Morgan fingerprint density at radius 1 is 0.639 bits per heavy atom. The lowest BCUT2D eigenvalue weighted by Gasteiger charge is -2.26. The van der Waals surface area contributed by atoms with Crippen molar-refractivity contribution in [2.75, 3.05) is 58.4 Å². The number of ketones is 1. The number of alkyl halides is 3. The van der Waals surface area contributed by atoms with Crippen molar-refractivity contribution < 1.29 is 45.4 Å². The van der Waals surface area contributed by atoms with Crippen molar-refractivity contribution in [1.29, 1.82) is 0 Å². The number of aliphatic imine (C=N–C) groups is 1. The maximum absolute atomic E-state index is 13.5. The van der Waals surface area contributed by atoms with Gasteiger partial charge in [0.15, 0.2) is 17.2 Å². The van der Waals surface area contributed by atoms with Crippen molar-refractivity contribution in [3.05, 3.63) is 305 Å². The predicted octanol–water partition coefficient (Wildman–Crippen LogP) is 22.2. The molecule has 3 aliphatic heterocycles. The van der Waals surface area contributed by atoms with Crippen molar-refractivity contribution in [3.63, 3.8) is 0 Å². The van der Waals surface area contributed by atoms with Gasteiger partial charge >= 0.3 is 6.18 Å². The van der Waals surface area contributed by atoms with Crippen LogP contribution < -0.4 is 25.5 Å². The molecule has 15 rings (SSSR count). The normalized spacial score (nSPS) is 14.5. The third kappa shape index (κ3) is 22.9. The molecule has 119 heavy (non-hydrogen) atoms. The molecule has 0 spiro atoms. The van der Waals surface area contributed by atoms with Gasteiger partial charge in [0.25, 0.3) is 21.8 Å². The molecule has 5 heterocycles. The van der Waals surface area contributed by atoms with Gasteiger partial charge in [-0.2, -0.15) is 23.4 Å². The molecular formula is C89H82Cl7F3N12O7S. The lowest BCUT2D eigenvalue weighted by atomic mass is 9.91. The lowest BCUT2D eigenvalue weighted by molar-refractivity contribution is -0.141. The van der Waals surface area contributed by atoms with E-state index in [2.05, 4.69) is 47.8 Å². The molecule has 2 aromatic heterocycles. The van der Waals surface area contributed by atoms with Crippen molar-refractivity contribution in [2.24, 2.45) is 16.0 Å². The topological polar surface area (TPSA) is 227 Å². The Bertz CT molecular complexity index is 5760. The Labute approximate surface area is 722 Å². The number of guanidine groups is 1. The molecule has 3 aliphatic rings. The summed E-state index contributed by atoms with van der Waals surface area (Å²) in [5.74, 6) is -0.336. The lowest BCUT2D eigenvalue weighted by Crippen LogP contribution is -2.45. The molecule has 10 aromatic carbocycles. The molecule has 19 nitrogen and oxygen atoms in total. The van der Waals surface area contributed by atoms with E-state index in [-0.39, 0.29) is 57.6 Å². The van der Waals surface area contributed by atoms with Gasteiger partial charge in [-0.25, -0.2) is 37.8 Å². The number of hydrazone groups is 1. The molecule has 2 fully saturated rings. The molecule has 0 aliphatic carbocycles. The van der Waals surface area contributed by atoms with E-state index in [0.29, 0.717) is 73.4 Å². The van der Waals surface area contributed by atoms with E-state index in [1.165, 1.54) is 62.4 Å². The average molecular weight is 1770 g/mol. The summed E-state index contributed by atoms with van der Waals surface area (Å²) in [6.07, 6.45) is 4.21. The number of anilines is 2. The molecule has 12 aromatic rings. The molecular weight excluding hydrogens is 1690 g/mol. The Morgan fingerprint density at radius 3 is 1.90 bits per heavy atom. The van der Waals surface area contributed by atoms with Crippen LogP contribution in [0.15, 0.2) is 240 Å². The van der Waals surface area contributed by atoms with E-state index < -0.39 is 33.4 Å². The van der Waals surface area contributed by atoms with Gasteiger partial charge in [-0.15, -0.1) is 0 Å². The van der Waals surface area contributed by atoms with Gasteiger partial charge in [0.2, 0.25) is 11.9 Å². The van der Waals surface area contributed by atoms with Crippen LogP contribution in [0.2, 0.25) is 35.2 Å². The molecule has 0 bridgehead atoms. The summed E-state index contributed by atoms with van der Waals surface area (Å²) < 4.78 is 81.8. The third-order valence-corrected chi connectivity index (χ3v) is 23.0. The molecule has 2 saturated heterocycles. The number of piperidine rings is 1. The fourth-order valence-electron chi connectivity index (χ4n) is 13.7. The molecule has 4 N–H and O–H groups in total.